The molecule has 0 spiro atoms. The minimum absolute atomic E-state index is 0.0463. The van der Waals surface area contributed by atoms with Crippen molar-refractivity contribution >= 4 is 27.8 Å². The summed E-state index contributed by atoms with van der Waals surface area (Å²) < 4.78 is 33.0. The molecule has 0 aliphatic carbocycles. The highest BCUT2D eigenvalue weighted by molar-refractivity contribution is 7.91. The van der Waals surface area contributed by atoms with Crippen LogP contribution in [-0.2, 0) is 28.9 Å². The van der Waals surface area contributed by atoms with Crippen molar-refractivity contribution in [2.45, 2.75) is 57.7 Å². The number of sulfone groups is 1. The smallest absolute Gasteiger partial charge is 0.411 e. The Kier molecular flexibility index (Phi) is 6.15. The number of esters is 1. The Morgan fingerprint density at radius 1 is 1.19 bits per heavy atom. The number of ether oxygens (including phenoxy) is 2. The molecular weight excluding hydrogens is 364 g/mol. The van der Waals surface area contributed by atoms with Gasteiger partial charge in [0.2, 0.25) is 0 Å². The van der Waals surface area contributed by atoms with Gasteiger partial charge in [-0.15, -0.1) is 0 Å². The summed E-state index contributed by atoms with van der Waals surface area (Å²) in [6.45, 7) is 5.10. The Hall–Kier alpha value is -1.84. The highest BCUT2D eigenvalue weighted by Gasteiger charge is 2.38. The van der Waals surface area contributed by atoms with Crippen LogP contribution in [-0.4, -0.2) is 73.6 Å². The maximum atomic E-state index is 12.2. The number of hydrogen-bond donors (Lipinski definition) is 1. The van der Waals surface area contributed by atoms with Crippen molar-refractivity contribution in [1.82, 2.24) is 10.2 Å². The summed E-state index contributed by atoms with van der Waals surface area (Å²) in [5.74, 6) is -1.27. The number of nitrogens with zero attached hydrogens (tertiary/aromatic N) is 1. The molecule has 0 aromatic carbocycles. The third-order valence-corrected chi connectivity index (χ3v) is 5.86. The fourth-order valence-corrected chi connectivity index (χ4v) is 4.64. The molecule has 26 heavy (non-hydrogen) atoms. The molecule has 0 unspecified atom stereocenters. The van der Waals surface area contributed by atoms with E-state index in [0.717, 1.165) is 0 Å². The third-order valence-electron chi connectivity index (χ3n) is 4.10. The molecule has 10 heteroatoms. The average Bonchev–Trinajstić information content (AvgIpc) is 3.09. The Balaban J connectivity index is 1.81. The highest BCUT2D eigenvalue weighted by atomic mass is 32.2. The van der Waals surface area contributed by atoms with Gasteiger partial charge in [0.25, 0.3) is 5.91 Å². The number of rotatable bonds is 4. The molecule has 2 amide bonds. The third kappa shape index (κ3) is 5.86. The predicted molar refractivity (Wildman–Crippen MR) is 92.1 cm³/mol. The van der Waals surface area contributed by atoms with Crippen LogP contribution in [0, 0.1) is 0 Å². The SMILES string of the molecule is CC(C)(C)OC(=O)N1CCC[C@H]1C(=O)OCC(=O)N[C@H]1CCS(=O)(=O)C1. The van der Waals surface area contributed by atoms with E-state index in [2.05, 4.69) is 5.32 Å². The lowest BCUT2D eigenvalue weighted by Gasteiger charge is -2.27. The number of carbonyl (C=O) groups excluding carboxylic acids is 3. The molecule has 1 N–H and O–H groups in total. The van der Waals surface area contributed by atoms with Gasteiger partial charge in [0, 0.05) is 12.6 Å². The highest BCUT2D eigenvalue weighted by Crippen LogP contribution is 2.21. The quantitative estimate of drug-likeness (QED) is 0.683. The molecule has 2 fully saturated rings. The van der Waals surface area contributed by atoms with E-state index in [1.54, 1.807) is 20.8 Å². The summed E-state index contributed by atoms with van der Waals surface area (Å²) in [5.41, 5.74) is -0.671. The summed E-state index contributed by atoms with van der Waals surface area (Å²) in [6.07, 6.45) is 0.862. The topological polar surface area (TPSA) is 119 Å². The standard InChI is InChI=1S/C16H26N2O7S/c1-16(2,3)25-15(21)18-7-4-5-12(18)14(20)24-9-13(19)17-11-6-8-26(22,23)10-11/h11-12H,4-10H2,1-3H3,(H,17,19)/t11-,12-/m0/s1. The van der Waals surface area contributed by atoms with Crippen LogP contribution in [0.3, 0.4) is 0 Å². The zero-order valence-electron chi connectivity index (χ0n) is 15.3. The molecule has 0 saturated carbocycles. The molecule has 2 rings (SSSR count). The molecule has 2 aliphatic rings. The molecule has 2 atom stereocenters. The number of nitrogens with one attached hydrogen (secondary N) is 1. The summed E-state index contributed by atoms with van der Waals surface area (Å²) in [7, 11) is -3.10. The molecule has 0 bridgehead atoms. The van der Waals surface area contributed by atoms with E-state index in [4.69, 9.17) is 9.47 Å². The first kappa shape index (κ1) is 20.5. The van der Waals surface area contributed by atoms with E-state index in [0.29, 0.717) is 25.8 Å². The molecule has 2 aliphatic heterocycles. The van der Waals surface area contributed by atoms with E-state index >= 15 is 0 Å². The zero-order chi connectivity index (χ0) is 19.5. The van der Waals surface area contributed by atoms with E-state index in [9.17, 15) is 22.8 Å². The van der Waals surface area contributed by atoms with Gasteiger partial charge in [-0.1, -0.05) is 0 Å². The molecular formula is C16H26N2O7S. The summed E-state index contributed by atoms with van der Waals surface area (Å²) in [5, 5.41) is 2.54. The molecule has 0 radical (unpaired) electrons. The van der Waals surface area contributed by atoms with Gasteiger partial charge < -0.3 is 14.8 Å². The van der Waals surface area contributed by atoms with Crippen LogP contribution in [0.4, 0.5) is 4.79 Å². The summed E-state index contributed by atoms with van der Waals surface area (Å²) >= 11 is 0. The van der Waals surface area contributed by atoms with Crippen LogP contribution in [0.15, 0.2) is 0 Å². The molecule has 2 saturated heterocycles. The van der Waals surface area contributed by atoms with Crippen molar-refractivity contribution in [3.8, 4) is 0 Å². The average molecular weight is 390 g/mol. The largest absolute Gasteiger partial charge is 0.454 e. The first-order valence-electron chi connectivity index (χ1n) is 8.63. The van der Waals surface area contributed by atoms with Gasteiger partial charge in [-0.2, -0.15) is 0 Å². The first-order chi connectivity index (χ1) is 12.0. The van der Waals surface area contributed by atoms with Crippen LogP contribution in [0.2, 0.25) is 0 Å². The van der Waals surface area contributed by atoms with Gasteiger partial charge in [0.05, 0.1) is 11.5 Å². The van der Waals surface area contributed by atoms with E-state index in [1.165, 1.54) is 4.90 Å². The van der Waals surface area contributed by atoms with Gasteiger partial charge in [-0.05, 0) is 40.0 Å². The van der Waals surface area contributed by atoms with Gasteiger partial charge in [0.1, 0.15) is 11.6 Å². The maximum Gasteiger partial charge on any atom is 0.411 e. The van der Waals surface area contributed by atoms with Crippen LogP contribution in [0.25, 0.3) is 0 Å². The minimum atomic E-state index is -3.10. The van der Waals surface area contributed by atoms with Crippen molar-refractivity contribution in [2.75, 3.05) is 24.7 Å². The van der Waals surface area contributed by atoms with Crippen molar-refractivity contribution in [3.63, 3.8) is 0 Å². The Labute approximate surface area is 153 Å². The second-order valence-electron chi connectivity index (χ2n) is 7.61. The Morgan fingerprint density at radius 2 is 1.88 bits per heavy atom. The number of carbonyl (C=O) groups is 3. The van der Waals surface area contributed by atoms with Crippen molar-refractivity contribution in [3.05, 3.63) is 0 Å². The lowest BCUT2D eigenvalue weighted by molar-refractivity contribution is -0.152. The Morgan fingerprint density at radius 3 is 2.46 bits per heavy atom. The van der Waals surface area contributed by atoms with Gasteiger partial charge >= 0.3 is 12.1 Å². The summed E-state index contributed by atoms with van der Waals surface area (Å²) in [4.78, 5) is 37.5. The molecule has 9 nitrogen and oxygen atoms in total. The Bertz CT molecular complexity index is 669. The number of likely N-dealkylation sites (tertiary alicyclic amines) is 1. The van der Waals surface area contributed by atoms with Crippen LogP contribution >= 0.6 is 0 Å². The molecule has 2 heterocycles. The molecule has 148 valence electrons. The second kappa shape index (κ2) is 7.81. The van der Waals surface area contributed by atoms with Crippen molar-refractivity contribution < 1.29 is 32.3 Å². The van der Waals surface area contributed by atoms with Crippen molar-refractivity contribution in [1.29, 1.82) is 0 Å². The number of hydrogen-bond acceptors (Lipinski definition) is 7. The first-order valence-corrected chi connectivity index (χ1v) is 10.4. The van der Waals surface area contributed by atoms with Gasteiger partial charge in [-0.3, -0.25) is 9.69 Å². The fraction of sp³-hybridized carbons (Fsp3) is 0.812. The van der Waals surface area contributed by atoms with Gasteiger partial charge in [-0.25, -0.2) is 18.0 Å². The van der Waals surface area contributed by atoms with E-state index in [1.807, 2.05) is 0 Å². The predicted octanol–water partition coefficient (Wildman–Crippen LogP) is 0.232. The monoisotopic (exact) mass is 390 g/mol. The van der Waals surface area contributed by atoms with Crippen LogP contribution in [0.5, 0.6) is 0 Å². The second-order valence-corrected chi connectivity index (χ2v) is 9.84. The maximum absolute atomic E-state index is 12.2. The van der Waals surface area contributed by atoms with E-state index < -0.39 is 52.1 Å². The normalized spacial score (nSPS) is 25.0. The lowest BCUT2D eigenvalue weighted by atomic mass is 10.2. The van der Waals surface area contributed by atoms with Crippen LogP contribution in [0.1, 0.15) is 40.0 Å². The molecule has 0 aromatic rings. The molecule has 0 aromatic heterocycles. The van der Waals surface area contributed by atoms with Crippen LogP contribution < -0.4 is 5.32 Å². The van der Waals surface area contributed by atoms with Gasteiger partial charge in [0.15, 0.2) is 16.4 Å². The lowest BCUT2D eigenvalue weighted by Crippen LogP contribution is -2.45. The minimum Gasteiger partial charge on any atom is -0.454 e. The summed E-state index contributed by atoms with van der Waals surface area (Å²) in [6, 6.07) is -1.22. The number of amides is 2. The fourth-order valence-electron chi connectivity index (χ4n) is 2.96. The van der Waals surface area contributed by atoms with E-state index in [-0.39, 0.29) is 11.5 Å². The zero-order valence-corrected chi connectivity index (χ0v) is 16.1. The van der Waals surface area contributed by atoms with Crippen molar-refractivity contribution in [2.24, 2.45) is 0 Å².